The van der Waals surface area contributed by atoms with E-state index >= 15 is 0 Å². The molecule has 0 saturated carbocycles. The maximum absolute atomic E-state index is 14.8. The van der Waals surface area contributed by atoms with E-state index in [1.54, 1.807) is 18.2 Å². The Morgan fingerprint density at radius 1 is 0.676 bits per heavy atom. The third-order valence-electron chi connectivity index (χ3n) is 6.32. The number of rotatable bonds is 8. The number of carbonyl (C=O) groups excluding carboxylic acids is 1. The van der Waals surface area contributed by atoms with Crippen molar-refractivity contribution in [3.05, 3.63) is 113 Å². The second-order valence-corrected chi connectivity index (χ2v) is 8.76. The van der Waals surface area contributed by atoms with Gasteiger partial charge in [-0.3, -0.25) is 0 Å². The summed E-state index contributed by atoms with van der Waals surface area (Å²) in [7, 11) is 0. The van der Waals surface area contributed by atoms with Gasteiger partial charge in [0.15, 0.2) is 23.2 Å². The Hall–Kier alpha value is -3.93. The third kappa shape index (κ3) is 5.58. The van der Waals surface area contributed by atoms with Crippen LogP contribution in [0.15, 0.2) is 72.8 Å². The van der Waals surface area contributed by atoms with Gasteiger partial charge in [0.25, 0.3) is 0 Å². The van der Waals surface area contributed by atoms with Gasteiger partial charge < -0.3 is 4.74 Å². The molecule has 4 aromatic rings. The van der Waals surface area contributed by atoms with E-state index in [9.17, 15) is 22.4 Å². The topological polar surface area (TPSA) is 26.3 Å². The minimum atomic E-state index is -1.28. The highest BCUT2D eigenvalue weighted by Gasteiger charge is 2.20. The maximum atomic E-state index is 14.8. The van der Waals surface area contributed by atoms with E-state index in [1.165, 1.54) is 42.5 Å². The summed E-state index contributed by atoms with van der Waals surface area (Å²) < 4.78 is 63.7. The van der Waals surface area contributed by atoms with E-state index in [0.717, 1.165) is 24.8 Å². The molecule has 37 heavy (non-hydrogen) atoms. The molecule has 0 aliphatic rings. The molecule has 0 aliphatic carbocycles. The summed E-state index contributed by atoms with van der Waals surface area (Å²) >= 11 is 0. The van der Waals surface area contributed by atoms with E-state index in [0.29, 0.717) is 23.1 Å². The van der Waals surface area contributed by atoms with Gasteiger partial charge in [-0.1, -0.05) is 68.8 Å². The van der Waals surface area contributed by atoms with Crippen molar-refractivity contribution in [2.24, 2.45) is 0 Å². The van der Waals surface area contributed by atoms with Crippen molar-refractivity contribution in [2.45, 2.75) is 39.5 Å². The number of hydrogen-bond acceptors (Lipinski definition) is 2. The molecule has 0 aromatic heterocycles. The fourth-order valence-corrected chi connectivity index (χ4v) is 4.07. The summed E-state index contributed by atoms with van der Waals surface area (Å²) in [5.74, 6) is -5.68. The predicted octanol–water partition coefficient (Wildman–Crippen LogP) is 8.70. The van der Waals surface area contributed by atoms with E-state index in [1.807, 2.05) is 26.0 Å². The van der Waals surface area contributed by atoms with Crippen LogP contribution in [-0.4, -0.2) is 5.97 Å². The molecule has 0 radical (unpaired) electrons. The lowest BCUT2D eigenvalue weighted by molar-refractivity contribution is 0.0727. The van der Waals surface area contributed by atoms with Crippen molar-refractivity contribution >= 4 is 5.97 Å². The Morgan fingerprint density at radius 3 is 1.84 bits per heavy atom. The summed E-state index contributed by atoms with van der Waals surface area (Å²) in [6, 6.07) is 18.3. The first-order valence-corrected chi connectivity index (χ1v) is 12.2. The van der Waals surface area contributed by atoms with Crippen LogP contribution >= 0.6 is 0 Å². The smallest absolute Gasteiger partial charge is 0.343 e. The number of ether oxygens (including phenoxy) is 1. The van der Waals surface area contributed by atoms with Crippen LogP contribution in [0.1, 0.15) is 48.2 Å². The van der Waals surface area contributed by atoms with Gasteiger partial charge in [0.05, 0.1) is 5.56 Å². The van der Waals surface area contributed by atoms with E-state index in [4.69, 9.17) is 4.74 Å². The molecule has 6 heteroatoms. The number of halogens is 4. The summed E-state index contributed by atoms with van der Waals surface area (Å²) in [5.41, 5.74) is 2.42. The summed E-state index contributed by atoms with van der Waals surface area (Å²) in [5, 5.41) is 0. The highest BCUT2D eigenvalue weighted by atomic mass is 19.2. The molecule has 0 aliphatic heterocycles. The summed E-state index contributed by atoms with van der Waals surface area (Å²) in [6.07, 6.45) is 2.90. The Balaban J connectivity index is 1.51. The van der Waals surface area contributed by atoms with E-state index in [-0.39, 0.29) is 16.7 Å². The van der Waals surface area contributed by atoms with E-state index in [2.05, 4.69) is 0 Å². The maximum Gasteiger partial charge on any atom is 0.343 e. The van der Waals surface area contributed by atoms with Crippen molar-refractivity contribution in [1.82, 2.24) is 0 Å². The average molecular weight is 507 g/mol. The zero-order valence-corrected chi connectivity index (χ0v) is 20.6. The van der Waals surface area contributed by atoms with Crippen LogP contribution in [0.3, 0.4) is 0 Å². The number of benzene rings is 4. The minimum absolute atomic E-state index is 0.0447. The molecule has 0 fully saturated rings. The molecular weight excluding hydrogens is 480 g/mol. The van der Waals surface area contributed by atoms with Crippen molar-refractivity contribution < 1.29 is 27.1 Å². The lowest BCUT2D eigenvalue weighted by atomic mass is 9.99. The van der Waals surface area contributed by atoms with Crippen molar-refractivity contribution in [2.75, 3.05) is 0 Å². The van der Waals surface area contributed by atoms with Crippen LogP contribution in [0.5, 0.6) is 5.75 Å². The number of aryl methyl sites for hydroxylation is 2. The Kier molecular flexibility index (Phi) is 8.07. The number of esters is 1. The molecule has 0 unspecified atom stereocenters. The predicted molar refractivity (Wildman–Crippen MR) is 137 cm³/mol. The second kappa shape index (κ2) is 11.4. The van der Waals surface area contributed by atoms with Crippen molar-refractivity contribution in [1.29, 1.82) is 0 Å². The summed E-state index contributed by atoms with van der Waals surface area (Å²) in [6.45, 7) is 3.97. The molecular formula is C31H26F4O2. The number of unbranched alkanes of at least 4 members (excludes halogenated alkanes) is 1. The van der Waals surface area contributed by atoms with Gasteiger partial charge in [-0.2, -0.15) is 4.39 Å². The van der Waals surface area contributed by atoms with Crippen LogP contribution in [-0.2, 0) is 12.8 Å². The zero-order chi connectivity index (χ0) is 26.5. The molecule has 190 valence electrons. The van der Waals surface area contributed by atoms with Crippen molar-refractivity contribution in [3.63, 3.8) is 0 Å². The molecule has 0 heterocycles. The van der Waals surface area contributed by atoms with Crippen LogP contribution in [0.25, 0.3) is 22.3 Å². The molecule has 0 saturated heterocycles. The van der Waals surface area contributed by atoms with Gasteiger partial charge >= 0.3 is 5.97 Å². The Labute approximate surface area is 213 Å². The monoisotopic (exact) mass is 506 g/mol. The van der Waals surface area contributed by atoms with Crippen LogP contribution in [0.4, 0.5) is 17.6 Å². The molecule has 0 N–H and O–H groups in total. The van der Waals surface area contributed by atoms with Crippen LogP contribution in [0.2, 0.25) is 0 Å². The molecule has 4 rings (SSSR count). The van der Waals surface area contributed by atoms with Gasteiger partial charge in [0.2, 0.25) is 5.82 Å². The first kappa shape index (κ1) is 26.1. The third-order valence-corrected chi connectivity index (χ3v) is 6.32. The standard InChI is InChI=1S/C31H26F4O2/c1-3-5-6-22-15-16-24(28(33)27(22)32)21-11-13-23(14-12-21)31(36)37-26-18-17-25(29(34)30(26)35)20-9-7-19(4-2)8-10-20/h7-18H,3-6H2,1-2H3. The normalized spacial score (nSPS) is 11.0. The van der Waals surface area contributed by atoms with Gasteiger partial charge in [-0.15, -0.1) is 0 Å². The largest absolute Gasteiger partial charge is 0.420 e. The average Bonchev–Trinajstić information content (AvgIpc) is 2.92. The molecule has 4 aromatic carbocycles. The zero-order valence-electron chi connectivity index (χ0n) is 20.6. The Bertz CT molecular complexity index is 1410. The minimum Gasteiger partial charge on any atom is -0.420 e. The fraction of sp³-hybridized carbons (Fsp3) is 0.194. The quantitative estimate of drug-likeness (QED) is 0.136. The van der Waals surface area contributed by atoms with Gasteiger partial charge in [-0.25, -0.2) is 18.0 Å². The highest BCUT2D eigenvalue weighted by Crippen LogP contribution is 2.31. The van der Waals surface area contributed by atoms with E-state index < -0.39 is 35.0 Å². The molecule has 0 amide bonds. The molecule has 0 bridgehead atoms. The first-order valence-electron chi connectivity index (χ1n) is 12.2. The lowest BCUT2D eigenvalue weighted by Crippen LogP contribution is -2.10. The van der Waals surface area contributed by atoms with Crippen molar-refractivity contribution in [3.8, 4) is 28.0 Å². The van der Waals surface area contributed by atoms with Crippen LogP contribution in [0, 0.1) is 23.3 Å². The number of hydrogen-bond donors (Lipinski definition) is 0. The highest BCUT2D eigenvalue weighted by molar-refractivity contribution is 5.91. The first-order chi connectivity index (χ1) is 17.8. The van der Waals surface area contributed by atoms with Gasteiger partial charge in [0, 0.05) is 11.1 Å². The van der Waals surface area contributed by atoms with Gasteiger partial charge in [-0.05, 0) is 65.8 Å². The molecule has 2 nitrogen and oxygen atoms in total. The number of carbonyl (C=O) groups is 1. The fourth-order valence-electron chi connectivity index (χ4n) is 4.07. The SMILES string of the molecule is CCCCc1ccc(-c2ccc(C(=O)Oc3ccc(-c4ccc(CC)cc4)c(F)c3F)cc2)c(F)c1F. The molecule has 0 spiro atoms. The lowest BCUT2D eigenvalue weighted by Gasteiger charge is -2.11. The summed E-state index contributed by atoms with van der Waals surface area (Å²) in [4.78, 5) is 12.6. The molecule has 0 atom stereocenters. The van der Waals surface area contributed by atoms with Crippen LogP contribution < -0.4 is 4.74 Å². The Morgan fingerprint density at radius 2 is 1.24 bits per heavy atom. The van der Waals surface area contributed by atoms with Gasteiger partial charge in [0.1, 0.15) is 0 Å². The second-order valence-electron chi connectivity index (χ2n) is 8.76.